The monoisotopic (exact) mass is 356 g/mol. The minimum atomic E-state index is -0.467. The quantitative estimate of drug-likeness (QED) is 0.658. The number of carbonyl (C=O) groups excluding carboxylic acids is 1. The van der Waals surface area contributed by atoms with Gasteiger partial charge in [-0.25, -0.2) is 4.68 Å². The van der Waals surface area contributed by atoms with E-state index in [9.17, 15) is 14.9 Å². The summed E-state index contributed by atoms with van der Waals surface area (Å²) in [5.74, 6) is -0.173. The van der Waals surface area contributed by atoms with Crippen molar-refractivity contribution in [2.45, 2.75) is 43.8 Å². The summed E-state index contributed by atoms with van der Waals surface area (Å²) in [4.78, 5) is 25.0. The molecule has 1 aromatic carbocycles. The molecule has 9 heteroatoms. The molecule has 1 N–H and O–H groups in total. The molecule has 2 atom stereocenters. The van der Waals surface area contributed by atoms with Gasteiger partial charge in [-0.2, -0.15) is 0 Å². The van der Waals surface area contributed by atoms with Crippen LogP contribution in [0.5, 0.6) is 0 Å². The Kier molecular flexibility index (Phi) is 4.15. The van der Waals surface area contributed by atoms with Gasteiger partial charge in [0.25, 0.3) is 11.6 Å². The molecular formula is C17H20N6O3. The number of amides is 1. The highest BCUT2D eigenvalue weighted by atomic mass is 16.6. The van der Waals surface area contributed by atoms with E-state index in [1.807, 2.05) is 7.05 Å². The summed E-state index contributed by atoms with van der Waals surface area (Å²) in [6.45, 7) is 0. The fourth-order valence-electron chi connectivity index (χ4n) is 3.93. The first kappa shape index (κ1) is 16.6. The van der Waals surface area contributed by atoms with Gasteiger partial charge in [0.05, 0.1) is 16.8 Å². The van der Waals surface area contributed by atoms with Crippen LogP contribution in [0, 0.1) is 10.1 Å². The Morgan fingerprint density at radius 3 is 2.77 bits per heavy atom. The van der Waals surface area contributed by atoms with Crippen molar-refractivity contribution in [2.24, 2.45) is 0 Å². The van der Waals surface area contributed by atoms with E-state index in [-0.39, 0.29) is 23.3 Å². The molecule has 4 rings (SSSR count). The maximum Gasteiger partial charge on any atom is 0.276 e. The molecule has 0 radical (unpaired) electrons. The van der Waals surface area contributed by atoms with Crippen molar-refractivity contribution in [3.63, 3.8) is 0 Å². The third-order valence-corrected chi connectivity index (χ3v) is 5.33. The largest absolute Gasteiger partial charge is 0.337 e. The molecule has 2 saturated heterocycles. The smallest absolute Gasteiger partial charge is 0.276 e. The molecule has 2 aromatic rings. The number of fused-ring (bicyclic) bond motifs is 2. The summed E-state index contributed by atoms with van der Waals surface area (Å²) in [6, 6.07) is 7.26. The van der Waals surface area contributed by atoms with Crippen LogP contribution in [0.25, 0.3) is 5.69 Å². The molecule has 0 saturated carbocycles. The van der Waals surface area contributed by atoms with Crippen LogP contribution in [0.15, 0.2) is 30.5 Å². The number of aromatic nitrogens is 3. The van der Waals surface area contributed by atoms with Crippen LogP contribution >= 0.6 is 0 Å². The number of rotatable bonds is 4. The van der Waals surface area contributed by atoms with Gasteiger partial charge in [0, 0.05) is 37.3 Å². The fraction of sp³-hybridized carbons (Fsp3) is 0.471. The molecule has 26 heavy (non-hydrogen) atoms. The molecule has 2 bridgehead atoms. The van der Waals surface area contributed by atoms with Crippen LogP contribution in [0.1, 0.15) is 36.2 Å². The maximum atomic E-state index is 12.8. The summed E-state index contributed by atoms with van der Waals surface area (Å²) in [5.41, 5.74) is 0.700. The van der Waals surface area contributed by atoms with E-state index in [2.05, 4.69) is 15.6 Å². The number of nitrogens with one attached hydrogen (secondary N) is 1. The molecule has 2 aliphatic heterocycles. The number of benzene rings is 1. The third kappa shape index (κ3) is 3.05. The van der Waals surface area contributed by atoms with Crippen molar-refractivity contribution in [2.75, 3.05) is 7.05 Å². The number of hydrogen-bond acceptors (Lipinski definition) is 6. The zero-order chi connectivity index (χ0) is 18.3. The summed E-state index contributed by atoms with van der Waals surface area (Å²) in [6.07, 6.45) is 5.78. The van der Waals surface area contributed by atoms with Gasteiger partial charge in [0.15, 0.2) is 5.69 Å². The molecule has 2 aliphatic rings. The number of piperidine rings is 1. The van der Waals surface area contributed by atoms with Gasteiger partial charge in [-0.05, 0) is 31.7 Å². The normalized spacial score (nSPS) is 24.4. The molecule has 0 aliphatic carbocycles. The molecule has 9 nitrogen and oxygen atoms in total. The van der Waals surface area contributed by atoms with Gasteiger partial charge < -0.3 is 10.2 Å². The third-order valence-electron chi connectivity index (χ3n) is 5.33. The lowest BCUT2D eigenvalue weighted by Crippen LogP contribution is -2.48. The average molecular weight is 356 g/mol. The van der Waals surface area contributed by atoms with Gasteiger partial charge >= 0.3 is 0 Å². The number of carbonyl (C=O) groups is 1. The second kappa shape index (κ2) is 6.49. The van der Waals surface area contributed by atoms with E-state index in [4.69, 9.17) is 0 Å². The highest BCUT2D eigenvalue weighted by molar-refractivity contribution is 5.92. The van der Waals surface area contributed by atoms with E-state index < -0.39 is 4.92 Å². The van der Waals surface area contributed by atoms with Gasteiger partial charge in [-0.15, -0.1) is 5.10 Å². The lowest BCUT2D eigenvalue weighted by atomic mass is 9.98. The van der Waals surface area contributed by atoms with Gasteiger partial charge in [-0.3, -0.25) is 14.9 Å². The number of nitrogens with zero attached hydrogens (tertiary/aromatic N) is 5. The molecular weight excluding hydrogens is 336 g/mol. The number of nitro benzene ring substituents is 1. The Balaban J connectivity index is 1.51. The van der Waals surface area contributed by atoms with Crippen LogP contribution in [-0.2, 0) is 0 Å². The average Bonchev–Trinajstić information content (AvgIpc) is 3.27. The highest BCUT2D eigenvalue weighted by Crippen LogP contribution is 2.29. The number of nitro groups is 1. The van der Waals surface area contributed by atoms with E-state index >= 15 is 0 Å². The zero-order valence-corrected chi connectivity index (χ0v) is 14.4. The molecule has 2 fully saturated rings. The van der Waals surface area contributed by atoms with Gasteiger partial charge in [0.1, 0.15) is 0 Å². The summed E-state index contributed by atoms with van der Waals surface area (Å²) in [7, 11) is 1.81. The Morgan fingerprint density at radius 2 is 2.08 bits per heavy atom. The van der Waals surface area contributed by atoms with E-state index in [1.54, 1.807) is 17.0 Å². The Bertz CT molecular complexity index is 839. The predicted octanol–water partition coefficient (Wildman–Crippen LogP) is 1.53. The van der Waals surface area contributed by atoms with Crippen molar-refractivity contribution < 1.29 is 9.72 Å². The number of hydrogen-bond donors (Lipinski definition) is 1. The predicted molar refractivity (Wildman–Crippen MR) is 93.1 cm³/mol. The first-order valence-electron chi connectivity index (χ1n) is 8.71. The molecule has 1 amide bonds. The van der Waals surface area contributed by atoms with E-state index in [1.165, 1.54) is 35.9 Å². The topological polar surface area (TPSA) is 106 Å². The lowest BCUT2D eigenvalue weighted by molar-refractivity contribution is -0.384. The minimum Gasteiger partial charge on any atom is -0.337 e. The first-order chi connectivity index (χ1) is 12.5. The molecule has 136 valence electrons. The summed E-state index contributed by atoms with van der Waals surface area (Å²) < 4.78 is 1.39. The van der Waals surface area contributed by atoms with Crippen molar-refractivity contribution in [1.29, 1.82) is 0 Å². The number of non-ortho nitro benzene ring substituents is 1. The van der Waals surface area contributed by atoms with E-state index in [0.29, 0.717) is 17.8 Å². The lowest BCUT2D eigenvalue weighted by Gasteiger charge is -2.35. The van der Waals surface area contributed by atoms with E-state index in [0.717, 1.165) is 12.8 Å². The van der Waals surface area contributed by atoms with Crippen molar-refractivity contribution >= 4 is 11.6 Å². The Labute approximate surface area is 150 Å². The highest BCUT2D eigenvalue weighted by Gasteiger charge is 2.37. The standard InChI is InChI=1S/C17H20N6O3/c1-21(15-7-11-5-6-12(8-15)18-11)17(24)16-10-22(20-19-16)13-3-2-4-14(9-13)23(25)26/h2-4,9-12,15,18H,5-8H2,1H3. The summed E-state index contributed by atoms with van der Waals surface area (Å²) >= 11 is 0. The van der Waals surface area contributed by atoms with Crippen LogP contribution < -0.4 is 5.32 Å². The summed E-state index contributed by atoms with van der Waals surface area (Å²) in [5, 5.41) is 22.4. The van der Waals surface area contributed by atoms with Crippen LogP contribution in [0.4, 0.5) is 5.69 Å². The van der Waals surface area contributed by atoms with Crippen LogP contribution in [-0.4, -0.2) is 55.9 Å². The molecule has 0 spiro atoms. The maximum absolute atomic E-state index is 12.8. The minimum absolute atomic E-state index is 0.0341. The van der Waals surface area contributed by atoms with Crippen molar-refractivity contribution in [3.8, 4) is 5.69 Å². The van der Waals surface area contributed by atoms with Gasteiger partial charge in [-0.1, -0.05) is 11.3 Å². The zero-order valence-electron chi connectivity index (χ0n) is 14.4. The first-order valence-corrected chi connectivity index (χ1v) is 8.71. The van der Waals surface area contributed by atoms with Crippen molar-refractivity contribution in [1.82, 2.24) is 25.2 Å². The second-order valence-electron chi connectivity index (χ2n) is 7.00. The Morgan fingerprint density at radius 1 is 1.35 bits per heavy atom. The second-order valence-corrected chi connectivity index (χ2v) is 7.00. The molecule has 3 heterocycles. The molecule has 1 aromatic heterocycles. The van der Waals surface area contributed by atoms with Crippen molar-refractivity contribution in [3.05, 3.63) is 46.3 Å². The fourth-order valence-corrected chi connectivity index (χ4v) is 3.93. The van der Waals surface area contributed by atoms with Crippen LogP contribution in [0.2, 0.25) is 0 Å². The van der Waals surface area contributed by atoms with Crippen LogP contribution in [0.3, 0.4) is 0 Å². The SMILES string of the molecule is CN(C(=O)c1cn(-c2cccc([N+](=O)[O-])c2)nn1)C1CC2CCC(C1)N2. The molecule has 2 unspecified atom stereocenters. The Hall–Kier alpha value is -2.81. The van der Waals surface area contributed by atoms with Gasteiger partial charge in [0.2, 0.25) is 0 Å².